The Hall–Kier alpha value is -2.11. The van der Waals surface area contributed by atoms with E-state index in [-0.39, 0.29) is 20.1 Å². The van der Waals surface area contributed by atoms with Gasteiger partial charge in [0.05, 0.1) is 6.61 Å². The number of alkyl halides is 15. The van der Waals surface area contributed by atoms with Gasteiger partial charge in [0.1, 0.15) is 6.04 Å². The van der Waals surface area contributed by atoms with Gasteiger partial charge in [-0.25, -0.2) is 4.79 Å². The first kappa shape index (κ1) is 49.9. The second kappa shape index (κ2) is 20.5. The number of likely N-dealkylation sites (N-methyl/N-ethyl adjacent to an activating group) is 1. The van der Waals surface area contributed by atoms with Crippen LogP contribution in [0.5, 0.6) is 0 Å². The minimum absolute atomic E-state index is 0.165. The summed E-state index contributed by atoms with van der Waals surface area (Å²) in [6.07, 6.45) is 7.99. The molecule has 0 aromatic heterocycles. The predicted molar refractivity (Wildman–Crippen MR) is 162 cm³/mol. The maximum absolute atomic E-state index is 14.6. The van der Waals surface area contributed by atoms with Crippen LogP contribution in [0.4, 0.5) is 65.9 Å². The normalized spacial score (nSPS) is 14.5. The number of carbonyl (C=O) groups excluding carboxylic acids is 2. The summed E-state index contributed by atoms with van der Waals surface area (Å²) in [6, 6.07) is -2.25. The van der Waals surface area contributed by atoms with Crippen LogP contribution in [0, 0.1) is 5.92 Å². The first-order chi connectivity index (χ1) is 23.6. The zero-order chi connectivity index (χ0) is 40.8. The molecule has 0 radical (unpaired) electrons. The van der Waals surface area contributed by atoms with Crippen molar-refractivity contribution in [2.45, 2.75) is 178 Å². The van der Waals surface area contributed by atoms with Crippen LogP contribution < -0.4 is 0 Å². The molecular formula is C33H50F15NO3. The lowest BCUT2D eigenvalue weighted by Crippen LogP contribution is -2.74. The lowest BCUT2D eigenvalue weighted by atomic mass is 9.90. The third kappa shape index (κ3) is 12.2. The number of unbranched alkanes of at least 4 members (excludes halogenated alkanes) is 15. The predicted octanol–water partition coefficient (Wildman–Crippen LogP) is 12.0. The van der Waals surface area contributed by atoms with Crippen LogP contribution in [-0.2, 0) is 14.3 Å². The molecule has 0 aromatic rings. The van der Waals surface area contributed by atoms with E-state index in [0.29, 0.717) is 6.42 Å². The molecule has 19 heteroatoms. The first-order valence-corrected chi connectivity index (χ1v) is 17.4. The molecule has 0 saturated carbocycles. The summed E-state index contributed by atoms with van der Waals surface area (Å²) in [4.78, 5) is 24.4. The van der Waals surface area contributed by atoms with Gasteiger partial charge in [0.15, 0.2) is 0 Å². The third-order valence-electron chi connectivity index (χ3n) is 8.59. The van der Waals surface area contributed by atoms with Crippen LogP contribution in [0.2, 0.25) is 0 Å². The number of carbonyl (C=O) groups is 2. The summed E-state index contributed by atoms with van der Waals surface area (Å²) in [5, 5.41) is 0. The van der Waals surface area contributed by atoms with Crippen molar-refractivity contribution < 1.29 is 80.2 Å². The highest BCUT2D eigenvalue weighted by atomic mass is 19.4. The highest BCUT2D eigenvalue weighted by Gasteiger charge is 2.94. The number of ether oxygens (including phenoxy) is 1. The molecule has 52 heavy (non-hydrogen) atoms. The fourth-order valence-corrected chi connectivity index (χ4v) is 5.24. The Morgan fingerprint density at radius 3 is 1.19 bits per heavy atom. The van der Waals surface area contributed by atoms with Crippen LogP contribution in [-0.4, -0.2) is 78.2 Å². The Bertz CT molecular complexity index is 1070. The SMILES string of the molecule is CCCCCCCCCCCCCCCCCCOC(=O)C(CC(C)C)N(C)C(=O)C(F)(F)C(F)(F)C(F)(F)C(F)(F)C(F)(F)C(F)(F)C(F)(F)F. The van der Waals surface area contributed by atoms with Crippen LogP contribution in [0.15, 0.2) is 0 Å². The molecule has 0 aromatic carbocycles. The minimum atomic E-state index is -8.52. The molecule has 0 fully saturated rings. The molecule has 1 unspecified atom stereocenters. The summed E-state index contributed by atoms with van der Waals surface area (Å²) < 4.78 is 209. The Labute approximate surface area is 294 Å². The zero-order valence-electron chi connectivity index (χ0n) is 29.7. The average Bonchev–Trinajstić information content (AvgIpc) is 3.03. The summed E-state index contributed by atoms with van der Waals surface area (Å²) in [5.74, 6) is -54.4. The Kier molecular flexibility index (Phi) is 19.7. The highest BCUT2D eigenvalue weighted by molar-refractivity contribution is 5.89. The monoisotopic (exact) mass is 793 g/mol. The lowest BCUT2D eigenvalue weighted by molar-refractivity contribution is -0.449. The van der Waals surface area contributed by atoms with Crippen molar-refractivity contribution in [3.8, 4) is 0 Å². The molecule has 310 valence electrons. The number of rotatable bonds is 27. The van der Waals surface area contributed by atoms with E-state index in [1.807, 2.05) is 0 Å². The van der Waals surface area contributed by atoms with Gasteiger partial charge in [0.2, 0.25) is 0 Å². The molecule has 0 bridgehead atoms. The summed E-state index contributed by atoms with van der Waals surface area (Å²) >= 11 is 0. The van der Waals surface area contributed by atoms with Crippen molar-refractivity contribution in [2.75, 3.05) is 13.7 Å². The maximum Gasteiger partial charge on any atom is 0.460 e. The second-order valence-electron chi connectivity index (χ2n) is 13.5. The highest BCUT2D eigenvalue weighted by Crippen LogP contribution is 2.62. The number of halogens is 15. The molecule has 0 rings (SSSR count). The lowest BCUT2D eigenvalue weighted by Gasteiger charge is -2.42. The molecule has 0 heterocycles. The molecule has 4 nitrogen and oxygen atoms in total. The van der Waals surface area contributed by atoms with E-state index in [2.05, 4.69) is 6.92 Å². The van der Waals surface area contributed by atoms with Crippen LogP contribution in [0.25, 0.3) is 0 Å². The topological polar surface area (TPSA) is 46.6 Å². The first-order valence-electron chi connectivity index (χ1n) is 17.4. The van der Waals surface area contributed by atoms with Crippen molar-refractivity contribution in [1.29, 1.82) is 0 Å². The van der Waals surface area contributed by atoms with Crippen LogP contribution >= 0.6 is 0 Å². The number of esters is 1. The van der Waals surface area contributed by atoms with Gasteiger partial charge in [0.25, 0.3) is 5.91 Å². The standard InChI is InChI=1S/C33H50F15NO3/c1-5-6-7-8-9-10-11-12-13-14-15-16-17-18-19-20-21-52-25(50)24(22-23(2)3)49(4)26(51)27(34,35)28(36,37)29(38,39)30(40,41)31(42,43)32(44,45)33(46,47)48/h23-24H,5-22H2,1-4H3. The van der Waals surface area contributed by atoms with E-state index < -0.39 is 76.9 Å². The van der Waals surface area contributed by atoms with Gasteiger partial charge in [-0.05, 0) is 18.8 Å². The molecular weight excluding hydrogens is 743 g/mol. The summed E-state index contributed by atoms with van der Waals surface area (Å²) in [6.45, 7) is 4.44. The zero-order valence-corrected chi connectivity index (χ0v) is 29.7. The molecule has 0 aliphatic rings. The average molecular weight is 794 g/mol. The largest absolute Gasteiger partial charge is 0.464 e. The van der Waals surface area contributed by atoms with E-state index in [9.17, 15) is 75.4 Å². The second-order valence-corrected chi connectivity index (χ2v) is 13.5. The minimum Gasteiger partial charge on any atom is -0.464 e. The molecule has 0 saturated heterocycles. The Morgan fingerprint density at radius 2 is 0.846 bits per heavy atom. The van der Waals surface area contributed by atoms with Gasteiger partial charge in [-0.1, -0.05) is 117 Å². The van der Waals surface area contributed by atoms with Crippen molar-refractivity contribution >= 4 is 11.9 Å². The van der Waals surface area contributed by atoms with Gasteiger partial charge >= 0.3 is 47.7 Å². The number of nitrogens with zero attached hydrogens (tertiary/aromatic N) is 1. The maximum atomic E-state index is 14.6. The van der Waals surface area contributed by atoms with Crippen molar-refractivity contribution in [3.05, 3.63) is 0 Å². The van der Waals surface area contributed by atoms with E-state index in [0.717, 1.165) is 38.5 Å². The third-order valence-corrected chi connectivity index (χ3v) is 8.59. The Balaban J connectivity index is 5.27. The summed E-state index contributed by atoms with van der Waals surface area (Å²) in [7, 11) is 0.165. The van der Waals surface area contributed by atoms with E-state index in [1.165, 1.54) is 65.2 Å². The smallest absolute Gasteiger partial charge is 0.460 e. The van der Waals surface area contributed by atoms with E-state index in [1.54, 1.807) is 0 Å². The van der Waals surface area contributed by atoms with Crippen molar-refractivity contribution in [3.63, 3.8) is 0 Å². The summed E-state index contributed by atoms with van der Waals surface area (Å²) in [5.41, 5.74) is 0. The van der Waals surface area contributed by atoms with E-state index >= 15 is 0 Å². The number of amides is 1. The molecule has 0 aliphatic heterocycles. The molecule has 0 N–H and O–H groups in total. The van der Waals surface area contributed by atoms with Gasteiger partial charge < -0.3 is 9.64 Å². The number of hydrogen-bond acceptors (Lipinski definition) is 3. The molecule has 1 amide bonds. The van der Waals surface area contributed by atoms with Gasteiger partial charge in [-0.15, -0.1) is 0 Å². The molecule has 1 atom stereocenters. The van der Waals surface area contributed by atoms with Crippen LogP contribution in [0.3, 0.4) is 0 Å². The number of hydrogen-bond donors (Lipinski definition) is 0. The fourth-order valence-electron chi connectivity index (χ4n) is 5.24. The van der Waals surface area contributed by atoms with Crippen LogP contribution in [0.1, 0.15) is 130 Å². The molecule has 0 aliphatic carbocycles. The van der Waals surface area contributed by atoms with E-state index in [4.69, 9.17) is 4.74 Å². The van der Waals surface area contributed by atoms with Gasteiger partial charge in [-0.3, -0.25) is 4.79 Å². The van der Waals surface area contributed by atoms with Gasteiger partial charge in [0, 0.05) is 7.05 Å². The van der Waals surface area contributed by atoms with Crippen molar-refractivity contribution in [1.82, 2.24) is 4.90 Å². The van der Waals surface area contributed by atoms with Crippen molar-refractivity contribution in [2.24, 2.45) is 5.92 Å². The Morgan fingerprint density at radius 1 is 0.519 bits per heavy atom. The van der Waals surface area contributed by atoms with Gasteiger partial charge in [-0.2, -0.15) is 65.9 Å². The molecule has 0 spiro atoms. The quantitative estimate of drug-likeness (QED) is 0.0473. The fraction of sp³-hybridized carbons (Fsp3) is 0.939.